The molecule has 0 spiro atoms. The first-order chi connectivity index (χ1) is 14.8. The van der Waals surface area contributed by atoms with E-state index in [1.807, 2.05) is 0 Å². The van der Waals surface area contributed by atoms with E-state index >= 15 is 0 Å². The Morgan fingerprint density at radius 3 is 2.16 bits per heavy atom. The Morgan fingerprint density at radius 1 is 1.06 bits per heavy atom. The van der Waals surface area contributed by atoms with Crippen LogP contribution in [-0.2, 0) is 28.8 Å². The second kappa shape index (κ2) is 10.7. The number of anilines is 1. The van der Waals surface area contributed by atoms with Gasteiger partial charge < -0.3 is 15.2 Å². The highest BCUT2D eigenvalue weighted by atomic mass is 79.9. The van der Waals surface area contributed by atoms with Gasteiger partial charge in [-0.05, 0) is 73.3 Å². The molecule has 2 rings (SSSR count). The monoisotopic (exact) mass is 583 g/mol. The molecule has 0 saturated carbocycles. The third-order valence-electron chi connectivity index (χ3n) is 4.24. The lowest BCUT2D eigenvalue weighted by atomic mass is 10.1. The van der Waals surface area contributed by atoms with Gasteiger partial charge in [0.25, 0.3) is 0 Å². The fourth-order valence-corrected chi connectivity index (χ4v) is 4.13. The highest BCUT2D eigenvalue weighted by molar-refractivity contribution is 9.11. The maximum absolute atomic E-state index is 13.5. The zero-order chi connectivity index (χ0) is 24.2. The van der Waals surface area contributed by atoms with Crippen LogP contribution in [0.15, 0.2) is 39.3 Å². The number of nitrogens with one attached hydrogen (secondary N) is 1. The normalized spacial score (nSPS) is 12.5. The van der Waals surface area contributed by atoms with Gasteiger partial charge in [-0.2, -0.15) is 13.2 Å². The number of ether oxygens (including phenoxy) is 1. The Hall–Kier alpha value is -2.14. The van der Waals surface area contributed by atoms with Crippen LogP contribution in [0.1, 0.15) is 30.5 Å². The zero-order valence-electron chi connectivity index (χ0n) is 16.9. The van der Waals surface area contributed by atoms with Crippen LogP contribution in [0.5, 0.6) is 5.75 Å². The van der Waals surface area contributed by atoms with Crippen molar-refractivity contribution in [2.24, 2.45) is 5.92 Å². The van der Waals surface area contributed by atoms with Gasteiger partial charge in [0.2, 0.25) is 12.1 Å². The van der Waals surface area contributed by atoms with Crippen LogP contribution in [0.2, 0.25) is 0 Å². The quantitative estimate of drug-likeness (QED) is 0.354. The lowest BCUT2D eigenvalue weighted by molar-refractivity contribution is -0.142. The number of hydrogen-bond acceptors (Lipinski definition) is 3. The lowest BCUT2D eigenvalue weighted by Gasteiger charge is -2.16. The van der Waals surface area contributed by atoms with Crippen molar-refractivity contribution < 1.29 is 37.0 Å². The Morgan fingerprint density at radius 2 is 1.66 bits per heavy atom. The predicted molar refractivity (Wildman–Crippen MR) is 117 cm³/mol. The molecular formula is C21H19Br2F4NO4. The molecule has 0 aromatic heterocycles. The predicted octanol–water partition coefficient (Wildman–Crippen LogP) is 6.37. The van der Waals surface area contributed by atoms with E-state index in [1.54, 1.807) is 13.8 Å². The fraction of sp³-hybridized carbons (Fsp3) is 0.333. The SMILES string of the molecule is CC(C)C(=O)Nc1cc(COc2c(Br)cc(CC(F)C(=O)O)cc2Br)cc(C(F)(F)F)c1. The maximum atomic E-state index is 13.5. The molecule has 0 aliphatic carbocycles. The molecular weight excluding hydrogens is 566 g/mol. The van der Waals surface area contributed by atoms with Gasteiger partial charge in [0, 0.05) is 18.0 Å². The number of rotatable bonds is 8. The average Bonchev–Trinajstić information content (AvgIpc) is 2.66. The molecule has 0 aliphatic heterocycles. The van der Waals surface area contributed by atoms with Crippen molar-refractivity contribution >= 4 is 49.4 Å². The number of hydrogen-bond donors (Lipinski definition) is 2. The van der Waals surface area contributed by atoms with E-state index < -0.39 is 35.7 Å². The molecule has 1 unspecified atom stereocenters. The van der Waals surface area contributed by atoms with E-state index in [4.69, 9.17) is 9.84 Å². The summed E-state index contributed by atoms with van der Waals surface area (Å²) in [5.41, 5.74) is -0.401. The summed E-state index contributed by atoms with van der Waals surface area (Å²) in [6.07, 6.45) is -7.06. The highest BCUT2D eigenvalue weighted by Crippen LogP contribution is 2.37. The number of carboxylic acids is 1. The van der Waals surface area contributed by atoms with Crippen LogP contribution >= 0.6 is 31.9 Å². The number of alkyl halides is 4. The third-order valence-corrected chi connectivity index (χ3v) is 5.41. The fourth-order valence-electron chi connectivity index (χ4n) is 2.62. The molecule has 1 atom stereocenters. The van der Waals surface area contributed by atoms with Crippen LogP contribution in [-0.4, -0.2) is 23.2 Å². The Bertz CT molecular complexity index is 989. The van der Waals surface area contributed by atoms with E-state index in [1.165, 1.54) is 18.2 Å². The molecule has 174 valence electrons. The molecule has 0 heterocycles. The Labute approximate surface area is 198 Å². The standard InChI is InChI=1S/C21H19Br2F4NO4/c1-10(2)19(29)28-14-4-12(3-13(8-14)21(25,26)27)9-32-18-15(22)5-11(6-16(18)23)7-17(24)20(30)31/h3-6,8,10,17H,7,9H2,1-2H3,(H,28,29)(H,30,31). The first kappa shape index (κ1) is 26.1. The summed E-state index contributed by atoms with van der Waals surface area (Å²) in [5.74, 6) is -2.18. The summed E-state index contributed by atoms with van der Waals surface area (Å²) in [7, 11) is 0. The van der Waals surface area contributed by atoms with Gasteiger partial charge in [-0.15, -0.1) is 0 Å². The van der Waals surface area contributed by atoms with Gasteiger partial charge in [-0.1, -0.05) is 13.8 Å². The first-order valence-electron chi connectivity index (χ1n) is 9.27. The van der Waals surface area contributed by atoms with Crippen molar-refractivity contribution in [1.82, 2.24) is 0 Å². The van der Waals surface area contributed by atoms with Crippen molar-refractivity contribution in [2.75, 3.05) is 5.32 Å². The highest BCUT2D eigenvalue weighted by Gasteiger charge is 2.31. The molecule has 0 saturated heterocycles. The average molecular weight is 585 g/mol. The summed E-state index contributed by atoms with van der Waals surface area (Å²) in [6.45, 7) is 2.98. The number of carbonyl (C=O) groups is 2. The van der Waals surface area contributed by atoms with Crippen molar-refractivity contribution in [1.29, 1.82) is 0 Å². The summed E-state index contributed by atoms with van der Waals surface area (Å²) in [4.78, 5) is 22.6. The lowest BCUT2D eigenvalue weighted by Crippen LogP contribution is -2.18. The number of aliphatic carboxylic acids is 1. The molecule has 1 amide bonds. The molecule has 32 heavy (non-hydrogen) atoms. The number of carbonyl (C=O) groups excluding carboxylic acids is 1. The Kier molecular flexibility index (Phi) is 8.69. The van der Waals surface area contributed by atoms with Crippen LogP contribution in [0, 0.1) is 5.92 Å². The van der Waals surface area contributed by atoms with Crippen molar-refractivity contribution in [3.05, 3.63) is 56.0 Å². The van der Waals surface area contributed by atoms with Gasteiger partial charge in [0.05, 0.1) is 14.5 Å². The summed E-state index contributed by atoms with van der Waals surface area (Å²) < 4.78 is 59.7. The van der Waals surface area contributed by atoms with Gasteiger partial charge in [-0.25, -0.2) is 9.18 Å². The number of carboxylic acid groups (broad SMARTS) is 1. The zero-order valence-corrected chi connectivity index (χ0v) is 20.1. The Balaban J connectivity index is 2.27. The molecule has 2 N–H and O–H groups in total. The summed E-state index contributed by atoms with van der Waals surface area (Å²) in [5, 5.41) is 11.2. The number of amides is 1. The smallest absolute Gasteiger partial charge is 0.416 e. The minimum atomic E-state index is -4.62. The van der Waals surface area contributed by atoms with Crippen molar-refractivity contribution in [3.63, 3.8) is 0 Å². The molecule has 11 heteroatoms. The maximum Gasteiger partial charge on any atom is 0.416 e. The molecule has 2 aromatic rings. The molecule has 2 aromatic carbocycles. The van der Waals surface area contributed by atoms with E-state index in [0.717, 1.165) is 12.1 Å². The topological polar surface area (TPSA) is 75.6 Å². The molecule has 5 nitrogen and oxygen atoms in total. The minimum Gasteiger partial charge on any atom is -0.487 e. The number of halogens is 6. The van der Waals surface area contributed by atoms with Crippen molar-refractivity contribution in [3.8, 4) is 5.75 Å². The summed E-state index contributed by atoms with van der Waals surface area (Å²) in [6, 6.07) is 6.08. The van der Waals surface area contributed by atoms with Gasteiger partial charge in [0.1, 0.15) is 12.4 Å². The van der Waals surface area contributed by atoms with E-state index in [2.05, 4.69) is 37.2 Å². The van der Waals surface area contributed by atoms with E-state index in [-0.39, 0.29) is 30.0 Å². The molecule has 0 bridgehead atoms. The van der Waals surface area contributed by atoms with Gasteiger partial charge >= 0.3 is 12.1 Å². The van der Waals surface area contributed by atoms with Gasteiger partial charge in [0.15, 0.2) is 0 Å². The first-order valence-corrected chi connectivity index (χ1v) is 10.9. The largest absolute Gasteiger partial charge is 0.487 e. The van der Waals surface area contributed by atoms with E-state index in [9.17, 15) is 27.2 Å². The third kappa shape index (κ3) is 7.19. The van der Waals surface area contributed by atoms with Gasteiger partial charge in [-0.3, -0.25) is 4.79 Å². The van der Waals surface area contributed by atoms with Crippen LogP contribution in [0.3, 0.4) is 0 Å². The van der Waals surface area contributed by atoms with E-state index in [0.29, 0.717) is 14.5 Å². The van der Waals surface area contributed by atoms with Crippen LogP contribution < -0.4 is 10.1 Å². The summed E-state index contributed by atoms with van der Waals surface area (Å²) >= 11 is 6.49. The second-order valence-corrected chi connectivity index (χ2v) is 8.96. The minimum absolute atomic E-state index is 0.00624. The second-order valence-electron chi connectivity index (χ2n) is 7.25. The molecule has 0 fully saturated rings. The van der Waals surface area contributed by atoms with Crippen LogP contribution in [0.4, 0.5) is 23.2 Å². The van der Waals surface area contributed by atoms with Crippen molar-refractivity contribution in [2.45, 2.75) is 39.2 Å². The van der Waals surface area contributed by atoms with Crippen LogP contribution in [0.25, 0.3) is 0 Å². The molecule has 0 radical (unpaired) electrons. The number of benzene rings is 2. The molecule has 0 aliphatic rings.